The van der Waals surface area contributed by atoms with Gasteiger partial charge >= 0.3 is 6.09 Å². The van der Waals surface area contributed by atoms with E-state index in [1.54, 1.807) is 6.07 Å². The highest BCUT2D eigenvalue weighted by atomic mass is 79.9. The highest BCUT2D eigenvalue weighted by Crippen LogP contribution is 2.38. The predicted molar refractivity (Wildman–Crippen MR) is 98.8 cm³/mol. The summed E-state index contributed by atoms with van der Waals surface area (Å²) in [4.78, 5) is 25.5. The summed E-state index contributed by atoms with van der Waals surface area (Å²) >= 11 is 3.67. The van der Waals surface area contributed by atoms with Crippen LogP contribution in [0.1, 0.15) is 24.3 Å². The van der Waals surface area contributed by atoms with Crippen molar-refractivity contribution in [1.82, 2.24) is 9.47 Å². The number of benzene rings is 1. The van der Waals surface area contributed by atoms with Gasteiger partial charge in [-0.1, -0.05) is 22.0 Å². The third kappa shape index (κ3) is 3.06. The Bertz CT molecular complexity index is 887. The Hall–Kier alpha value is -1.86. The minimum Gasteiger partial charge on any atom is -0.446 e. The van der Waals surface area contributed by atoms with E-state index in [9.17, 15) is 9.59 Å². The fraction of sp³-hybridized carbons (Fsp3) is 0.444. The van der Waals surface area contributed by atoms with Crippen LogP contribution >= 0.6 is 15.9 Å². The summed E-state index contributed by atoms with van der Waals surface area (Å²) in [6.07, 6.45) is 0.828. The van der Waals surface area contributed by atoms with Crippen molar-refractivity contribution in [2.24, 2.45) is 5.73 Å². The highest BCUT2D eigenvalue weighted by molar-refractivity contribution is 9.10. The van der Waals surface area contributed by atoms with Crippen molar-refractivity contribution >= 4 is 32.9 Å². The number of halogens is 1. The van der Waals surface area contributed by atoms with Gasteiger partial charge in [-0.05, 0) is 35.9 Å². The second-order valence-electron chi connectivity index (χ2n) is 6.81. The number of nitrogens with two attached hydrogens (primary N) is 1. The third-order valence-electron chi connectivity index (χ3n) is 5.24. The molecule has 1 aromatic carbocycles. The Kier molecular flexibility index (Phi) is 4.29. The van der Waals surface area contributed by atoms with E-state index >= 15 is 0 Å². The minimum atomic E-state index is -0.695. The molecular formula is C18H20BrN3O3. The summed E-state index contributed by atoms with van der Waals surface area (Å²) in [6.45, 7) is 3.34. The molecule has 1 atom stereocenters. The number of pyridine rings is 1. The van der Waals surface area contributed by atoms with Gasteiger partial charge in [0.25, 0.3) is 5.56 Å². The number of carbonyl (C=O) groups excluding carboxylic acids is 1. The maximum atomic E-state index is 12.3. The zero-order valence-corrected chi connectivity index (χ0v) is 15.4. The Morgan fingerprint density at radius 2 is 1.96 bits per heavy atom. The monoisotopic (exact) mass is 405 g/mol. The number of hydrogen-bond acceptors (Lipinski definition) is 4. The van der Waals surface area contributed by atoms with Gasteiger partial charge < -0.3 is 19.9 Å². The van der Waals surface area contributed by atoms with Crippen molar-refractivity contribution in [3.63, 3.8) is 0 Å². The molecule has 7 heteroatoms. The molecular weight excluding hydrogens is 386 g/mol. The van der Waals surface area contributed by atoms with E-state index in [0.29, 0.717) is 6.54 Å². The molecule has 1 aromatic heterocycles. The zero-order chi connectivity index (χ0) is 17.6. The van der Waals surface area contributed by atoms with Crippen LogP contribution in [0.25, 0.3) is 10.9 Å². The number of aromatic nitrogens is 1. The summed E-state index contributed by atoms with van der Waals surface area (Å²) < 4.78 is 8.06. The van der Waals surface area contributed by atoms with Gasteiger partial charge in [0.1, 0.15) is 6.10 Å². The molecule has 0 radical (unpaired) electrons. The van der Waals surface area contributed by atoms with Crippen LogP contribution in [0.4, 0.5) is 4.79 Å². The molecule has 132 valence electrons. The maximum absolute atomic E-state index is 12.3. The van der Waals surface area contributed by atoms with Gasteiger partial charge in [0.2, 0.25) is 0 Å². The number of amides is 1. The van der Waals surface area contributed by atoms with Crippen molar-refractivity contribution < 1.29 is 9.53 Å². The molecule has 0 saturated carbocycles. The fourth-order valence-electron chi connectivity index (χ4n) is 4.11. The molecule has 1 fully saturated rings. The van der Waals surface area contributed by atoms with Gasteiger partial charge in [0.05, 0.1) is 5.52 Å². The molecule has 25 heavy (non-hydrogen) atoms. The second-order valence-corrected chi connectivity index (χ2v) is 7.67. The SMILES string of the molecule is NC(=O)OC1CCN(CC2Cn3c(=O)ccc4ccc(Br)c2c43)CC1. The molecule has 4 rings (SSSR count). The van der Waals surface area contributed by atoms with Gasteiger partial charge in [-0.25, -0.2) is 4.79 Å². The van der Waals surface area contributed by atoms with Crippen molar-refractivity contribution in [2.45, 2.75) is 31.4 Å². The molecule has 0 aliphatic carbocycles. The molecule has 2 aliphatic rings. The van der Waals surface area contributed by atoms with E-state index in [1.807, 2.05) is 16.7 Å². The van der Waals surface area contributed by atoms with Gasteiger partial charge in [0.15, 0.2) is 0 Å². The Labute approximate surface area is 153 Å². The molecule has 1 amide bonds. The second kappa shape index (κ2) is 6.46. The number of ether oxygens (including phenoxy) is 1. The zero-order valence-electron chi connectivity index (χ0n) is 13.8. The van der Waals surface area contributed by atoms with Gasteiger partial charge in [-0.15, -0.1) is 0 Å². The van der Waals surface area contributed by atoms with Crippen LogP contribution in [0.15, 0.2) is 33.5 Å². The molecule has 6 nitrogen and oxygen atoms in total. The Morgan fingerprint density at radius 3 is 2.68 bits per heavy atom. The summed E-state index contributed by atoms with van der Waals surface area (Å²) in [5.41, 5.74) is 7.44. The lowest BCUT2D eigenvalue weighted by atomic mass is 9.98. The topological polar surface area (TPSA) is 77.6 Å². The van der Waals surface area contributed by atoms with Crippen LogP contribution in [0.3, 0.4) is 0 Å². The van der Waals surface area contributed by atoms with E-state index < -0.39 is 6.09 Å². The van der Waals surface area contributed by atoms with E-state index in [1.165, 1.54) is 5.56 Å². The number of piperidine rings is 1. The number of nitrogens with zero attached hydrogens (tertiary/aromatic N) is 2. The third-order valence-corrected chi connectivity index (χ3v) is 5.94. The molecule has 2 aromatic rings. The van der Waals surface area contributed by atoms with Crippen molar-refractivity contribution in [3.8, 4) is 0 Å². The van der Waals surface area contributed by atoms with Crippen molar-refractivity contribution in [1.29, 1.82) is 0 Å². The first-order chi connectivity index (χ1) is 12.0. The van der Waals surface area contributed by atoms with Crippen LogP contribution in [0.5, 0.6) is 0 Å². The normalized spacial score (nSPS) is 20.9. The molecule has 0 bridgehead atoms. The van der Waals surface area contributed by atoms with Crippen LogP contribution in [0, 0.1) is 0 Å². The quantitative estimate of drug-likeness (QED) is 0.850. The number of rotatable bonds is 3. The molecule has 1 saturated heterocycles. The van der Waals surface area contributed by atoms with E-state index in [4.69, 9.17) is 10.5 Å². The first-order valence-electron chi connectivity index (χ1n) is 8.53. The maximum Gasteiger partial charge on any atom is 0.404 e. The van der Waals surface area contributed by atoms with E-state index in [0.717, 1.165) is 47.9 Å². The lowest BCUT2D eigenvalue weighted by Gasteiger charge is -2.33. The number of carbonyl (C=O) groups is 1. The smallest absolute Gasteiger partial charge is 0.404 e. The van der Waals surface area contributed by atoms with E-state index in [2.05, 4.69) is 26.9 Å². The van der Waals surface area contributed by atoms with Crippen LogP contribution in [-0.2, 0) is 11.3 Å². The van der Waals surface area contributed by atoms with Gasteiger partial charge in [-0.3, -0.25) is 4.79 Å². The number of primary amides is 1. The summed E-state index contributed by atoms with van der Waals surface area (Å²) in [6, 6.07) is 7.67. The number of hydrogen-bond donors (Lipinski definition) is 1. The van der Waals surface area contributed by atoms with Gasteiger partial charge in [0, 0.05) is 42.6 Å². The molecule has 2 aliphatic heterocycles. The predicted octanol–water partition coefficient (Wildman–Crippen LogP) is 2.42. The largest absolute Gasteiger partial charge is 0.446 e. The van der Waals surface area contributed by atoms with Gasteiger partial charge in [-0.2, -0.15) is 0 Å². The summed E-state index contributed by atoms with van der Waals surface area (Å²) in [5.74, 6) is 0.279. The first-order valence-corrected chi connectivity index (χ1v) is 9.32. The molecule has 3 heterocycles. The Morgan fingerprint density at radius 1 is 1.24 bits per heavy atom. The Balaban J connectivity index is 1.53. The van der Waals surface area contributed by atoms with E-state index in [-0.39, 0.29) is 17.6 Å². The lowest BCUT2D eigenvalue weighted by molar-refractivity contribution is 0.0542. The molecule has 0 spiro atoms. The standard InChI is InChI=1S/C18H20BrN3O3/c19-14-3-1-11-2-4-15(23)22-10-12(16(14)17(11)22)9-21-7-5-13(6-8-21)25-18(20)24/h1-4,12-13H,5-10H2,(H2,20,24). The summed E-state index contributed by atoms with van der Waals surface area (Å²) in [7, 11) is 0. The number of likely N-dealkylation sites (tertiary alicyclic amines) is 1. The first kappa shape index (κ1) is 16.6. The summed E-state index contributed by atoms with van der Waals surface area (Å²) in [5, 5.41) is 1.11. The van der Waals surface area contributed by atoms with Crippen LogP contribution in [-0.4, -0.2) is 41.3 Å². The van der Waals surface area contributed by atoms with Crippen molar-refractivity contribution in [3.05, 3.63) is 44.7 Å². The average Bonchev–Trinajstić information content (AvgIpc) is 2.96. The lowest BCUT2D eigenvalue weighted by Crippen LogP contribution is -2.40. The molecule has 1 unspecified atom stereocenters. The van der Waals surface area contributed by atoms with Crippen LogP contribution in [0.2, 0.25) is 0 Å². The minimum absolute atomic E-state index is 0.0583. The average molecular weight is 406 g/mol. The highest BCUT2D eigenvalue weighted by Gasteiger charge is 2.30. The van der Waals surface area contributed by atoms with Crippen LogP contribution < -0.4 is 11.3 Å². The van der Waals surface area contributed by atoms with Crippen molar-refractivity contribution in [2.75, 3.05) is 19.6 Å². The fourth-order valence-corrected chi connectivity index (χ4v) is 4.76. The molecule has 2 N–H and O–H groups in total.